The monoisotopic (exact) mass is 301 g/mol. The van der Waals surface area contributed by atoms with Crippen LogP contribution in [0, 0.1) is 24.0 Å². The number of sulfonamides is 1. The average molecular weight is 301 g/mol. The van der Waals surface area contributed by atoms with E-state index in [0.29, 0.717) is 24.1 Å². The Balaban J connectivity index is 3.34. The SMILES string of the molecule is Cc1cc([N+](=O)[O-])cc(S(=O)(=O)N(C)CCCN)c1C. The van der Waals surface area contributed by atoms with Gasteiger partial charge in [0.25, 0.3) is 5.69 Å². The van der Waals surface area contributed by atoms with Gasteiger partial charge in [0.15, 0.2) is 0 Å². The van der Waals surface area contributed by atoms with E-state index >= 15 is 0 Å². The molecule has 2 N–H and O–H groups in total. The van der Waals surface area contributed by atoms with Gasteiger partial charge in [-0.1, -0.05) is 0 Å². The lowest BCUT2D eigenvalue weighted by Crippen LogP contribution is -2.29. The molecular formula is C12H19N3O4S. The van der Waals surface area contributed by atoms with Crippen molar-refractivity contribution in [2.45, 2.75) is 25.2 Å². The van der Waals surface area contributed by atoms with E-state index in [1.165, 1.54) is 17.4 Å². The summed E-state index contributed by atoms with van der Waals surface area (Å²) in [5, 5.41) is 10.9. The largest absolute Gasteiger partial charge is 0.330 e. The molecule has 112 valence electrons. The summed E-state index contributed by atoms with van der Waals surface area (Å²) in [6, 6.07) is 2.48. The highest BCUT2D eigenvalue weighted by molar-refractivity contribution is 7.89. The second-order valence-electron chi connectivity index (χ2n) is 4.61. The van der Waals surface area contributed by atoms with Crippen LogP contribution in [0.2, 0.25) is 0 Å². The fourth-order valence-electron chi connectivity index (χ4n) is 1.78. The van der Waals surface area contributed by atoms with Gasteiger partial charge in [0, 0.05) is 25.7 Å². The number of non-ortho nitro benzene ring substituents is 1. The van der Waals surface area contributed by atoms with E-state index in [4.69, 9.17) is 5.73 Å². The smallest absolute Gasteiger partial charge is 0.271 e. The van der Waals surface area contributed by atoms with Gasteiger partial charge in [0.05, 0.1) is 9.82 Å². The molecule has 0 aliphatic heterocycles. The van der Waals surface area contributed by atoms with Crippen molar-refractivity contribution in [1.82, 2.24) is 4.31 Å². The van der Waals surface area contributed by atoms with Crippen LogP contribution in [0.4, 0.5) is 5.69 Å². The summed E-state index contributed by atoms with van der Waals surface area (Å²) < 4.78 is 26.1. The van der Waals surface area contributed by atoms with Crippen LogP contribution in [0.1, 0.15) is 17.5 Å². The maximum Gasteiger partial charge on any atom is 0.271 e. The van der Waals surface area contributed by atoms with Crippen molar-refractivity contribution in [3.05, 3.63) is 33.4 Å². The summed E-state index contributed by atoms with van der Waals surface area (Å²) in [7, 11) is -2.30. The van der Waals surface area contributed by atoms with Crippen LogP contribution in [-0.2, 0) is 10.0 Å². The van der Waals surface area contributed by atoms with E-state index in [-0.39, 0.29) is 17.1 Å². The first-order chi connectivity index (χ1) is 9.21. The predicted octanol–water partition coefficient (Wildman–Crippen LogP) is 1.18. The van der Waals surface area contributed by atoms with Gasteiger partial charge in [-0.15, -0.1) is 0 Å². The first kappa shape index (κ1) is 16.5. The van der Waals surface area contributed by atoms with Crippen LogP contribution >= 0.6 is 0 Å². The lowest BCUT2D eigenvalue weighted by Gasteiger charge is -2.18. The van der Waals surface area contributed by atoms with Crippen LogP contribution in [0.15, 0.2) is 17.0 Å². The minimum Gasteiger partial charge on any atom is -0.330 e. The molecule has 0 atom stereocenters. The van der Waals surface area contributed by atoms with E-state index in [0.717, 1.165) is 6.07 Å². The molecule has 20 heavy (non-hydrogen) atoms. The number of aryl methyl sites for hydroxylation is 1. The van der Waals surface area contributed by atoms with E-state index in [2.05, 4.69) is 0 Å². The average Bonchev–Trinajstić information content (AvgIpc) is 2.38. The predicted molar refractivity (Wildman–Crippen MR) is 76.1 cm³/mol. The normalized spacial score (nSPS) is 11.8. The van der Waals surface area contributed by atoms with Crippen molar-refractivity contribution in [3.8, 4) is 0 Å². The summed E-state index contributed by atoms with van der Waals surface area (Å²) in [5.41, 5.74) is 6.24. The summed E-state index contributed by atoms with van der Waals surface area (Å²) >= 11 is 0. The summed E-state index contributed by atoms with van der Waals surface area (Å²) in [6.07, 6.45) is 0.530. The van der Waals surface area contributed by atoms with Gasteiger partial charge in [0.2, 0.25) is 10.0 Å². The topological polar surface area (TPSA) is 107 Å². The maximum atomic E-state index is 12.4. The lowest BCUT2D eigenvalue weighted by molar-refractivity contribution is -0.385. The summed E-state index contributed by atoms with van der Waals surface area (Å²) in [4.78, 5) is 10.2. The number of nitro benzene ring substituents is 1. The van der Waals surface area contributed by atoms with E-state index in [9.17, 15) is 18.5 Å². The number of nitrogens with zero attached hydrogens (tertiary/aromatic N) is 2. The molecule has 0 aromatic heterocycles. The molecule has 1 aromatic rings. The fourth-order valence-corrected chi connectivity index (χ4v) is 3.31. The van der Waals surface area contributed by atoms with E-state index in [1.54, 1.807) is 13.8 Å². The number of rotatable bonds is 6. The maximum absolute atomic E-state index is 12.4. The van der Waals surface area contributed by atoms with Crippen LogP contribution in [-0.4, -0.2) is 37.8 Å². The molecule has 0 bridgehead atoms. The zero-order valence-corrected chi connectivity index (χ0v) is 12.6. The van der Waals surface area contributed by atoms with Gasteiger partial charge in [-0.2, -0.15) is 0 Å². The number of nitro groups is 1. The third-order valence-electron chi connectivity index (χ3n) is 3.18. The molecule has 0 spiro atoms. The first-order valence-electron chi connectivity index (χ1n) is 6.14. The minimum atomic E-state index is -3.75. The highest BCUT2D eigenvalue weighted by Gasteiger charge is 2.26. The molecular weight excluding hydrogens is 282 g/mol. The minimum absolute atomic E-state index is 0.0243. The van der Waals surface area contributed by atoms with Crippen LogP contribution in [0.25, 0.3) is 0 Å². The zero-order chi connectivity index (χ0) is 15.5. The number of nitrogens with two attached hydrogens (primary N) is 1. The molecule has 0 aliphatic carbocycles. The van der Waals surface area contributed by atoms with Gasteiger partial charge >= 0.3 is 0 Å². The Morgan fingerprint density at radius 3 is 2.45 bits per heavy atom. The van der Waals surface area contributed by atoms with Gasteiger partial charge < -0.3 is 5.73 Å². The summed E-state index contributed by atoms with van der Waals surface area (Å²) in [6.45, 7) is 3.96. The Kier molecular flexibility index (Phi) is 5.21. The third-order valence-corrected chi connectivity index (χ3v) is 5.16. The number of benzene rings is 1. The summed E-state index contributed by atoms with van der Waals surface area (Å²) in [5.74, 6) is 0. The Hall–Kier alpha value is -1.51. The Morgan fingerprint density at radius 1 is 1.35 bits per heavy atom. The van der Waals surface area contributed by atoms with E-state index in [1.807, 2.05) is 0 Å². The van der Waals surface area contributed by atoms with Crippen molar-refractivity contribution < 1.29 is 13.3 Å². The van der Waals surface area contributed by atoms with Crippen molar-refractivity contribution in [2.75, 3.05) is 20.1 Å². The van der Waals surface area contributed by atoms with Gasteiger partial charge in [-0.05, 0) is 37.9 Å². The highest BCUT2D eigenvalue weighted by Crippen LogP contribution is 2.27. The first-order valence-corrected chi connectivity index (χ1v) is 7.58. The Bertz CT molecular complexity index is 613. The van der Waals surface area contributed by atoms with Crippen molar-refractivity contribution in [3.63, 3.8) is 0 Å². The molecule has 0 saturated carbocycles. The van der Waals surface area contributed by atoms with Gasteiger partial charge in [-0.25, -0.2) is 12.7 Å². The number of hydrogen-bond acceptors (Lipinski definition) is 5. The van der Waals surface area contributed by atoms with Gasteiger partial charge in [0.1, 0.15) is 0 Å². The molecule has 0 fully saturated rings. The molecule has 0 aliphatic rings. The molecule has 0 radical (unpaired) electrons. The lowest BCUT2D eigenvalue weighted by atomic mass is 10.1. The molecule has 0 saturated heterocycles. The molecule has 8 heteroatoms. The van der Waals surface area contributed by atoms with Crippen LogP contribution in [0.3, 0.4) is 0 Å². The zero-order valence-electron chi connectivity index (χ0n) is 11.8. The molecule has 0 unspecified atom stereocenters. The fraction of sp³-hybridized carbons (Fsp3) is 0.500. The second kappa shape index (κ2) is 6.29. The molecule has 1 rings (SSSR count). The molecule has 0 amide bonds. The Morgan fingerprint density at radius 2 is 1.95 bits per heavy atom. The van der Waals surface area contributed by atoms with Gasteiger partial charge in [-0.3, -0.25) is 10.1 Å². The third kappa shape index (κ3) is 3.33. The molecule has 7 nitrogen and oxygen atoms in total. The van der Waals surface area contributed by atoms with Crippen molar-refractivity contribution in [2.24, 2.45) is 5.73 Å². The number of hydrogen-bond donors (Lipinski definition) is 1. The van der Waals surface area contributed by atoms with Crippen molar-refractivity contribution >= 4 is 15.7 Å². The molecule has 1 aromatic carbocycles. The second-order valence-corrected chi connectivity index (χ2v) is 6.63. The standard InChI is InChI=1S/C12H19N3O4S/c1-9-7-11(15(16)17)8-12(10(9)2)20(18,19)14(3)6-4-5-13/h7-8H,4-6,13H2,1-3H3. The molecule has 0 heterocycles. The Labute approximate surface area is 118 Å². The van der Waals surface area contributed by atoms with E-state index < -0.39 is 14.9 Å². The quantitative estimate of drug-likeness (QED) is 0.627. The van der Waals surface area contributed by atoms with Crippen LogP contribution in [0.5, 0.6) is 0 Å². The highest BCUT2D eigenvalue weighted by atomic mass is 32.2. The van der Waals surface area contributed by atoms with Crippen LogP contribution < -0.4 is 5.73 Å². The van der Waals surface area contributed by atoms with Crippen molar-refractivity contribution in [1.29, 1.82) is 0 Å².